The van der Waals surface area contributed by atoms with Gasteiger partial charge in [-0.05, 0) is 0 Å². The first-order valence-corrected chi connectivity index (χ1v) is 1.37. The number of hydrogen-bond donors (Lipinski definition) is 0. The van der Waals surface area contributed by atoms with Crippen molar-refractivity contribution in [1.82, 2.24) is 5.32 Å². The lowest BCUT2D eigenvalue weighted by molar-refractivity contribution is -0.118. The Morgan fingerprint density at radius 2 is 2.00 bits per heavy atom. The first kappa shape index (κ1) is 4.63. The second-order valence-electron chi connectivity index (χ2n) is 0.743. The van der Waals surface area contributed by atoms with Crippen LogP contribution in [0.1, 0.15) is 6.92 Å². The molecule has 0 spiro atoms. The van der Waals surface area contributed by atoms with Crippen molar-refractivity contribution in [2.45, 2.75) is 6.92 Å². The van der Waals surface area contributed by atoms with Gasteiger partial charge in [-0.3, -0.25) is 0 Å². The van der Waals surface area contributed by atoms with E-state index >= 15 is 0 Å². The maximum absolute atomic E-state index is 9.65. The van der Waals surface area contributed by atoms with Gasteiger partial charge in [-0.1, -0.05) is 0 Å². The third-order valence-electron chi connectivity index (χ3n) is 0.315. The van der Waals surface area contributed by atoms with Crippen molar-refractivity contribution in [3.63, 3.8) is 0 Å². The predicted octanol–water partition coefficient (Wildman–Crippen LogP) is -0.233. The monoisotopic (exact) mass is 72.0 g/mol. The summed E-state index contributed by atoms with van der Waals surface area (Å²) >= 11 is 0. The standard InChI is InChI=1S/C3H6NO/c1-3(5)4-2/h1-2H3/q+1. The maximum Gasteiger partial charge on any atom is 0.416 e. The molecule has 1 amide bonds. The summed E-state index contributed by atoms with van der Waals surface area (Å²) in [5.41, 5.74) is 0. The number of hydrogen-bond acceptors (Lipinski definition) is 1. The first-order valence-electron chi connectivity index (χ1n) is 1.37. The van der Waals surface area contributed by atoms with Gasteiger partial charge >= 0.3 is 5.91 Å². The minimum absolute atomic E-state index is 0.120. The van der Waals surface area contributed by atoms with Gasteiger partial charge in [0, 0.05) is 0 Å². The van der Waals surface area contributed by atoms with E-state index in [9.17, 15) is 4.79 Å². The zero-order valence-corrected chi connectivity index (χ0v) is 3.36. The fourth-order valence-corrected chi connectivity index (χ4v) is 0. The number of carbonyl (C=O) groups is 1. The maximum atomic E-state index is 9.65. The number of rotatable bonds is 0. The molecule has 0 atom stereocenters. The quantitative estimate of drug-likeness (QED) is 0.389. The fraction of sp³-hybridized carbons (Fsp3) is 0.667. The average molecular weight is 72.1 g/mol. The highest BCUT2D eigenvalue weighted by Crippen LogP contribution is 1.49. The zero-order chi connectivity index (χ0) is 4.28. The highest BCUT2D eigenvalue weighted by molar-refractivity contribution is 5.71. The molecule has 0 saturated heterocycles. The summed E-state index contributed by atoms with van der Waals surface area (Å²) < 4.78 is 0. The zero-order valence-electron chi connectivity index (χ0n) is 3.36. The van der Waals surface area contributed by atoms with Crippen molar-refractivity contribution in [3.05, 3.63) is 0 Å². The van der Waals surface area contributed by atoms with Crippen LogP contribution in [0.5, 0.6) is 0 Å². The molecule has 0 aromatic rings. The number of nitrogens with zero attached hydrogens (tertiary/aromatic N) is 1. The molecule has 2 heteroatoms. The van der Waals surface area contributed by atoms with Crippen molar-refractivity contribution in [2.24, 2.45) is 0 Å². The van der Waals surface area contributed by atoms with Gasteiger partial charge in [-0.25, -0.2) is 4.79 Å². The Balaban J connectivity index is 2.85. The molecular weight excluding hydrogens is 66.0 g/mol. The summed E-state index contributed by atoms with van der Waals surface area (Å²) in [5, 5.41) is 3.25. The highest BCUT2D eigenvalue weighted by atomic mass is 16.1. The topological polar surface area (TPSA) is 31.2 Å². The van der Waals surface area contributed by atoms with Crippen LogP contribution in [-0.2, 0) is 4.79 Å². The average Bonchev–Trinajstić information content (AvgIpc) is 1.38. The molecule has 0 aliphatic rings. The number of amides is 1. The van der Waals surface area contributed by atoms with Crippen molar-refractivity contribution in [2.75, 3.05) is 7.05 Å². The van der Waals surface area contributed by atoms with E-state index in [4.69, 9.17) is 0 Å². The Bertz CT molecular complexity index is 42.2. The normalized spacial score (nSPS) is 7.60. The Morgan fingerprint density at radius 1 is 1.80 bits per heavy atom. The molecule has 0 aliphatic carbocycles. The minimum Gasteiger partial charge on any atom is -0.219 e. The molecule has 0 saturated carbocycles. The predicted molar refractivity (Wildman–Crippen MR) is 18.7 cm³/mol. The van der Waals surface area contributed by atoms with E-state index < -0.39 is 0 Å². The summed E-state index contributed by atoms with van der Waals surface area (Å²) in [6.45, 7) is 1.42. The van der Waals surface area contributed by atoms with Gasteiger partial charge in [0.2, 0.25) is 0 Å². The number of carbonyl (C=O) groups excluding carboxylic acids is 1. The lowest BCUT2D eigenvalue weighted by Crippen LogP contribution is -2.02. The molecular formula is C3H6NO+. The van der Waals surface area contributed by atoms with E-state index in [0.717, 1.165) is 0 Å². The van der Waals surface area contributed by atoms with Crippen LogP contribution >= 0.6 is 0 Å². The van der Waals surface area contributed by atoms with Gasteiger partial charge in [0.25, 0.3) is 0 Å². The van der Waals surface area contributed by atoms with E-state index in [1.54, 1.807) is 0 Å². The van der Waals surface area contributed by atoms with Crippen LogP contribution < -0.4 is 5.32 Å². The molecule has 0 fully saturated rings. The Hall–Kier alpha value is -0.370. The molecule has 0 bridgehead atoms. The largest absolute Gasteiger partial charge is 0.416 e. The molecule has 0 unspecified atom stereocenters. The van der Waals surface area contributed by atoms with Crippen molar-refractivity contribution in [1.29, 1.82) is 0 Å². The molecule has 28 valence electrons. The van der Waals surface area contributed by atoms with E-state index in [0.29, 0.717) is 0 Å². The van der Waals surface area contributed by atoms with Crippen LogP contribution in [0.15, 0.2) is 0 Å². The molecule has 2 nitrogen and oxygen atoms in total. The van der Waals surface area contributed by atoms with E-state index in [1.807, 2.05) is 0 Å². The van der Waals surface area contributed by atoms with Gasteiger partial charge in [-0.2, -0.15) is 0 Å². The van der Waals surface area contributed by atoms with Crippen LogP contribution in [0.3, 0.4) is 0 Å². The third kappa shape index (κ3) is 3.63. The van der Waals surface area contributed by atoms with Gasteiger partial charge in [0.1, 0.15) is 5.32 Å². The summed E-state index contributed by atoms with van der Waals surface area (Å²) in [4.78, 5) is 9.65. The van der Waals surface area contributed by atoms with Crippen LogP contribution in [-0.4, -0.2) is 13.0 Å². The van der Waals surface area contributed by atoms with Crippen molar-refractivity contribution in [3.8, 4) is 0 Å². The van der Waals surface area contributed by atoms with Crippen molar-refractivity contribution >= 4 is 5.91 Å². The summed E-state index contributed by atoms with van der Waals surface area (Å²) in [6.07, 6.45) is 0. The van der Waals surface area contributed by atoms with Crippen LogP contribution in [0.25, 0.3) is 0 Å². The first-order chi connectivity index (χ1) is 2.27. The van der Waals surface area contributed by atoms with E-state index in [1.165, 1.54) is 14.0 Å². The molecule has 5 heavy (non-hydrogen) atoms. The Labute approximate surface area is 31.2 Å². The molecule has 0 heterocycles. The summed E-state index contributed by atoms with van der Waals surface area (Å²) in [6, 6.07) is 0. The van der Waals surface area contributed by atoms with E-state index in [-0.39, 0.29) is 5.91 Å². The van der Waals surface area contributed by atoms with Crippen LogP contribution in [0.4, 0.5) is 0 Å². The minimum atomic E-state index is -0.120. The Morgan fingerprint density at radius 3 is 2.00 bits per heavy atom. The second kappa shape index (κ2) is 1.91. The van der Waals surface area contributed by atoms with E-state index in [2.05, 4.69) is 5.32 Å². The third-order valence-corrected chi connectivity index (χ3v) is 0.315. The molecule has 0 N–H and O–H groups in total. The summed E-state index contributed by atoms with van der Waals surface area (Å²) in [5.74, 6) is -0.120. The van der Waals surface area contributed by atoms with Crippen LogP contribution in [0, 0.1) is 0 Å². The molecule has 0 rings (SSSR count). The van der Waals surface area contributed by atoms with Gasteiger partial charge in [0.15, 0.2) is 7.05 Å². The van der Waals surface area contributed by atoms with Gasteiger partial charge < -0.3 is 0 Å². The lowest BCUT2D eigenvalue weighted by atomic mass is 10.7. The molecule has 0 aromatic heterocycles. The summed E-state index contributed by atoms with van der Waals surface area (Å²) in [7, 11) is 1.47. The molecule has 0 aromatic carbocycles. The molecule has 0 aliphatic heterocycles. The van der Waals surface area contributed by atoms with Gasteiger partial charge in [0.05, 0.1) is 6.92 Å². The smallest absolute Gasteiger partial charge is 0.219 e. The Kier molecular flexibility index (Phi) is 1.76. The lowest BCUT2D eigenvalue weighted by Gasteiger charge is -1.52. The van der Waals surface area contributed by atoms with Crippen molar-refractivity contribution < 1.29 is 4.79 Å². The van der Waals surface area contributed by atoms with Gasteiger partial charge in [-0.15, -0.1) is 0 Å². The highest BCUT2D eigenvalue weighted by Gasteiger charge is 1.96. The second-order valence-corrected chi connectivity index (χ2v) is 0.743. The fourth-order valence-electron chi connectivity index (χ4n) is 0. The molecule has 2 radical (unpaired) electrons. The van der Waals surface area contributed by atoms with Crippen LogP contribution in [0.2, 0.25) is 0 Å². The SMILES string of the molecule is C[N+]C(C)=O.